The molecule has 0 amide bonds. The molecule has 0 fully saturated rings. The van der Waals surface area contributed by atoms with Gasteiger partial charge in [-0.25, -0.2) is 4.98 Å². The predicted molar refractivity (Wildman–Crippen MR) is 88.6 cm³/mol. The van der Waals surface area contributed by atoms with Crippen LogP contribution in [0.2, 0.25) is 0 Å². The maximum atomic E-state index is 11.8. The second-order valence-corrected chi connectivity index (χ2v) is 5.26. The van der Waals surface area contributed by atoms with Gasteiger partial charge in [0, 0.05) is 6.42 Å². The zero-order valence-electron chi connectivity index (χ0n) is 12.7. The molecular weight excluding hydrogens is 288 g/mol. The largest absolute Gasteiger partial charge is 0.461 e. The lowest BCUT2D eigenvalue weighted by atomic mass is 10.2. The quantitative estimate of drug-likeness (QED) is 0.706. The summed E-state index contributed by atoms with van der Waals surface area (Å²) in [5.74, 6) is 0.576. The first-order valence-corrected chi connectivity index (χ1v) is 7.60. The number of imidazole rings is 1. The molecule has 0 aliphatic carbocycles. The third kappa shape index (κ3) is 4.30. The second-order valence-electron chi connectivity index (χ2n) is 5.26. The second kappa shape index (κ2) is 7.40. The van der Waals surface area contributed by atoms with E-state index in [0.29, 0.717) is 19.4 Å². The molecule has 1 N–H and O–H groups in total. The molecule has 1 aromatic heterocycles. The van der Waals surface area contributed by atoms with Gasteiger partial charge in [0.15, 0.2) is 0 Å². The zero-order valence-corrected chi connectivity index (χ0v) is 12.7. The zero-order chi connectivity index (χ0) is 15.9. The van der Waals surface area contributed by atoms with Gasteiger partial charge in [0.25, 0.3) is 0 Å². The van der Waals surface area contributed by atoms with Gasteiger partial charge in [-0.15, -0.1) is 0 Å². The van der Waals surface area contributed by atoms with E-state index < -0.39 is 0 Å². The third-order valence-electron chi connectivity index (χ3n) is 3.52. The van der Waals surface area contributed by atoms with Crippen LogP contribution in [0.15, 0.2) is 66.9 Å². The summed E-state index contributed by atoms with van der Waals surface area (Å²) in [4.78, 5) is 19.4. The minimum absolute atomic E-state index is 0.216. The number of esters is 1. The molecule has 0 radical (unpaired) electrons. The van der Waals surface area contributed by atoms with E-state index in [1.54, 1.807) is 6.20 Å². The highest BCUT2D eigenvalue weighted by Gasteiger charge is 2.07. The minimum atomic E-state index is -0.216. The summed E-state index contributed by atoms with van der Waals surface area (Å²) in [6.45, 7) is 0.313. The highest BCUT2D eigenvalue weighted by atomic mass is 16.5. The Balaban J connectivity index is 1.49. The van der Waals surface area contributed by atoms with Gasteiger partial charge in [0.1, 0.15) is 12.4 Å². The maximum absolute atomic E-state index is 11.8. The number of nitrogens with one attached hydrogen (secondary N) is 1. The Morgan fingerprint density at radius 1 is 1.00 bits per heavy atom. The standard InChI is InChI=1S/C19H18N2O2/c22-19(23-14-15-7-3-1-4-8-15)12-11-18-20-13-17(21-18)16-9-5-2-6-10-16/h1-10,13H,11-12,14H2,(H,20,21). The number of hydrogen-bond acceptors (Lipinski definition) is 3. The minimum Gasteiger partial charge on any atom is -0.461 e. The third-order valence-corrected chi connectivity index (χ3v) is 3.52. The molecule has 0 bridgehead atoms. The first kappa shape index (κ1) is 15.0. The van der Waals surface area contributed by atoms with Crippen LogP contribution >= 0.6 is 0 Å². The molecular formula is C19H18N2O2. The van der Waals surface area contributed by atoms with Crippen molar-refractivity contribution < 1.29 is 9.53 Å². The van der Waals surface area contributed by atoms with Gasteiger partial charge in [0.2, 0.25) is 0 Å². The molecule has 1 heterocycles. The lowest BCUT2D eigenvalue weighted by Crippen LogP contribution is -2.06. The fourth-order valence-electron chi connectivity index (χ4n) is 2.28. The smallest absolute Gasteiger partial charge is 0.306 e. The number of rotatable bonds is 6. The fraction of sp³-hybridized carbons (Fsp3) is 0.158. The number of benzene rings is 2. The normalized spacial score (nSPS) is 10.4. The summed E-state index contributed by atoms with van der Waals surface area (Å²) < 4.78 is 5.26. The first-order valence-electron chi connectivity index (χ1n) is 7.60. The van der Waals surface area contributed by atoms with E-state index in [2.05, 4.69) is 9.97 Å². The van der Waals surface area contributed by atoms with E-state index in [9.17, 15) is 4.79 Å². The number of ether oxygens (including phenoxy) is 1. The van der Waals surface area contributed by atoms with Gasteiger partial charge in [-0.1, -0.05) is 60.7 Å². The Kier molecular flexibility index (Phi) is 4.84. The molecule has 0 atom stereocenters. The average molecular weight is 306 g/mol. The molecule has 0 spiro atoms. The molecule has 0 saturated heterocycles. The molecule has 4 nitrogen and oxygen atoms in total. The molecule has 116 valence electrons. The highest BCUT2D eigenvalue weighted by molar-refractivity contribution is 5.69. The first-order chi connectivity index (χ1) is 11.3. The molecule has 0 aliphatic rings. The van der Waals surface area contributed by atoms with Gasteiger partial charge >= 0.3 is 5.97 Å². The number of aromatic nitrogens is 2. The molecule has 0 aliphatic heterocycles. The lowest BCUT2D eigenvalue weighted by Gasteiger charge is -2.04. The summed E-state index contributed by atoms with van der Waals surface area (Å²) in [5.41, 5.74) is 3.03. The number of aryl methyl sites for hydroxylation is 1. The Morgan fingerprint density at radius 2 is 1.70 bits per heavy atom. The van der Waals surface area contributed by atoms with E-state index in [-0.39, 0.29) is 5.97 Å². The van der Waals surface area contributed by atoms with Crippen LogP contribution < -0.4 is 0 Å². The van der Waals surface area contributed by atoms with Gasteiger partial charge in [-0.2, -0.15) is 0 Å². The molecule has 3 aromatic rings. The molecule has 23 heavy (non-hydrogen) atoms. The Labute approximate surface area is 135 Å². The summed E-state index contributed by atoms with van der Waals surface area (Å²) in [5, 5.41) is 0. The monoisotopic (exact) mass is 306 g/mol. The highest BCUT2D eigenvalue weighted by Crippen LogP contribution is 2.16. The van der Waals surface area contributed by atoms with Crippen LogP contribution in [0, 0.1) is 0 Å². The van der Waals surface area contributed by atoms with Crippen LogP contribution in [0.4, 0.5) is 0 Å². The molecule has 3 rings (SSSR count). The van der Waals surface area contributed by atoms with Crippen LogP contribution in [0.25, 0.3) is 11.3 Å². The van der Waals surface area contributed by atoms with Gasteiger partial charge < -0.3 is 9.72 Å². The fourth-order valence-corrected chi connectivity index (χ4v) is 2.28. The summed E-state index contributed by atoms with van der Waals surface area (Å²) >= 11 is 0. The number of H-pyrrole nitrogens is 1. The van der Waals surface area contributed by atoms with Crippen molar-refractivity contribution in [3.63, 3.8) is 0 Å². The average Bonchev–Trinajstić information content (AvgIpc) is 3.09. The topological polar surface area (TPSA) is 55.0 Å². The van der Waals surface area contributed by atoms with E-state index in [1.807, 2.05) is 60.7 Å². The van der Waals surface area contributed by atoms with Crippen molar-refractivity contribution in [2.45, 2.75) is 19.4 Å². The molecule has 0 saturated carbocycles. The van der Waals surface area contributed by atoms with Crippen molar-refractivity contribution in [1.82, 2.24) is 9.97 Å². The van der Waals surface area contributed by atoms with Crippen LogP contribution in [0.1, 0.15) is 17.8 Å². The summed E-state index contributed by atoms with van der Waals surface area (Å²) in [6, 6.07) is 19.6. The number of nitrogens with zero attached hydrogens (tertiary/aromatic N) is 1. The van der Waals surface area contributed by atoms with Crippen molar-refractivity contribution in [3.05, 3.63) is 78.2 Å². The Morgan fingerprint density at radius 3 is 2.43 bits per heavy atom. The summed E-state index contributed by atoms with van der Waals surface area (Å²) in [6.07, 6.45) is 2.65. The molecule has 2 aromatic carbocycles. The molecule has 0 unspecified atom stereocenters. The number of aromatic amines is 1. The van der Waals surface area contributed by atoms with Gasteiger partial charge in [0.05, 0.1) is 18.3 Å². The van der Waals surface area contributed by atoms with Crippen molar-refractivity contribution >= 4 is 5.97 Å². The van der Waals surface area contributed by atoms with E-state index >= 15 is 0 Å². The van der Waals surface area contributed by atoms with Gasteiger partial charge in [-0.05, 0) is 11.1 Å². The summed E-state index contributed by atoms with van der Waals surface area (Å²) in [7, 11) is 0. The lowest BCUT2D eigenvalue weighted by molar-refractivity contribution is -0.144. The maximum Gasteiger partial charge on any atom is 0.306 e. The van der Waals surface area contributed by atoms with E-state index in [1.165, 1.54) is 0 Å². The van der Waals surface area contributed by atoms with E-state index in [4.69, 9.17) is 4.74 Å². The van der Waals surface area contributed by atoms with Crippen LogP contribution in [0.5, 0.6) is 0 Å². The van der Waals surface area contributed by atoms with Crippen molar-refractivity contribution in [1.29, 1.82) is 0 Å². The Bertz CT molecular complexity index is 751. The number of carbonyl (C=O) groups excluding carboxylic acids is 1. The number of carbonyl (C=O) groups is 1. The molecule has 4 heteroatoms. The van der Waals surface area contributed by atoms with Crippen LogP contribution in [-0.4, -0.2) is 15.9 Å². The Hall–Kier alpha value is -2.88. The van der Waals surface area contributed by atoms with Crippen molar-refractivity contribution in [3.8, 4) is 11.3 Å². The van der Waals surface area contributed by atoms with Crippen molar-refractivity contribution in [2.75, 3.05) is 0 Å². The van der Waals surface area contributed by atoms with Crippen molar-refractivity contribution in [2.24, 2.45) is 0 Å². The number of hydrogen-bond donors (Lipinski definition) is 1. The van der Waals surface area contributed by atoms with Gasteiger partial charge in [-0.3, -0.25) is 4.79 Å². The van der Waals surface area contributed by atoms with Crippen LogP contribution in [-0.2, 0) is 22.6 Å². The van der Waals surface area contributed by atoms with E-state index in [0.717, 1.165) is 22.6 Å². The van der Waals surface area contributed by atoms with Crippen LogP contribution in [0.3, 0.4) is 0 Å². The SMILES string of the molecule is O=C(CCc1ncc(-c2ccccc2)[nH]1)OCc1ccccc1. The predicted octanol–water partition coefficient (Wildman–Crippen LogP) is 3.75.